The van der Waals surface area contributed by atoms with E-state index in [-0.39, 0.29) is 12.0 Å². The lowest BCUT2D eigenvalue weighted by Gasteiger charge is -2.15. The van der Waals surface area contributed by atoms with Crippen LogP contribution in [0.3, 0.4) is 0 Å². The molecule has 0 aliphatic carbocycles. The molecule has 0 aliphatic rings. The Bertz CT molecular complexity index is 1030. The lowest BCUT2D eigenvalue weighted by Crippen LogP contribution is -2.15. The number of rotatable bonds is 12. The molecule has 3 rings (SSSR count). The summed E-state index contributed by atoms with van der Waals surface area (Å²) in [6, 6.07) is 9.26. The van der Waals surface area contributed by atoms with E-state index in [2.05, 4.69) is 9.97 Å². The molecule has 2 heterocycles. The molecule has 3 aromatic rings. The first-order chi connectivity index (χ1) is 15.6. The van der Waals surface area contributed by atoms with Gasteiger partial charge in [-0.1, -0.05) is 32.1 Å². The Labute approximate surface area is 189 Å². The van der Waals surface area contributed by atoms with E-state index in [1.165, 1.54) is 19.3 Å². The highest BCUT2D eigenvalue weighted by molar-refractivity contribution is 5.81. The smallest absolute Gasteiger partial charge is 0.220 e. The van der Waals surface area contributed by atoms with E-state index in [4.69, 9.17) is 31.7 Å². The second-order valence-corrected chi connectivity index (χ2v) is 7.91. The number of nitrogens with two attached hydrogens (primary N) is 3. The molecule has 0 amide bonds. The number of unbranched alkanes of at least 4 members (excludes halogenated alkanes) is 5. The number of anilines is 1. The van der Waals surface area contributed by atoms with Gasteiger partial charge in [0.2, 0.25) is 5.95 Å². The Morgan fingerprint density at radius 3 is 2.28 bits per heavy atom. The van der Waals surface area contributed by atoms with Crippen LogP contribution in [0.25, 0.3) is 22.3 Å². The third-order valence-corrected chi connectivity index (χ3v) is 5.59. The molecular formula is C24H34N6O2. The van der Waals surface area contributed by atoms with E-state index in [0.717, 1.165) is 43.5 Å². The van der Waals surface area contributed by atoms with Gasteiger partial charge in [-0.05, 0) is 49.7 Å². The van der Waals surface area contributed by atoms with E-state index < -0.39 is 0 Å². The quantitative estimate of drug-likeness (QED) is 0.361. The third kappa shape index (κ3) is 5.83. The molecule has 1 atom stereocenters. The predicted octanol–water partition coefficient (Wildman–Crippen LogP) is 3.98. The summed E-state index contributed by atoms with van der Waals surface area (Å²) < 4.78 is 10.8. The lowest BCUT2D eigenvalue weighted by atomic mass is 10.0. The number of fused-ring (bicyclic) bond motifs is 1. The first-order valence-corrected chi connectivity index (χ1v) is 11.2. The fourth-order valence-corrected chi connectivity index (χ4v) is 3.82. The molecule has 6 N–H and O–H groups in total. The van der Waals surface area contributed by atoms with Crippen molar-refractivity contribution in [2.24, 2.45) is 11.5 Å². The minimum absolute atomic E-state index is 0.213. The van der Waals surface area contributed by atoms with Crippen molar-refractivity contribution in [1.82, 2.24) is 15.0 Å². The normalized spacial score (nSPS) is 12.1. The van der Waals surface area contributed by atoms with Crippen LogP contribution in [-0.2, 0) is 0 Å². The van der Waals surface area contributed by atoms with Crippen molar-refractivity contribution < 1.29 is 9.47 Å². The fraction of sp³-hybridized carbons (Fsp3) is 0.458. The topological polar surface area (TPSA) is 135 Å². The Kier molecular flexibility index (Phi) is 8.58. The molecule has 0 saturated heterocycles. The summed E-state index contributed by atoms with van der Waals surface area (Å²) in [5.41, 5.74) is 21.8. The van der Waals surface area contributed by atoms with Crippen molar-refractivity contribution in [2.75, 3.05) is 26.5 Å². The standard InChI is InChI=1S/C24H34N6O2/c1-31-20-13-10-16(15-21(20)32-2)18-11-12-19-23(28-18)22(30-24(27)29-19)17(26)9-7-5-3-4-6-8-14-25/h10-13,15,17H,3-9,14,25-26H2,1-2H3,(H2,27,29,30). The number of ether oxygens (including phenoxy) is 2. The molecule has 2 aromatic heterocycles. The highest BCUT2D eigenvalue weighted by Crippen LogP contribution is 2.33. The molecular weight excluding hydrogens is 404 g/mol. The summed E-state index contributed by atoms with van der Waals surface area (Å²) in [6.07, 6.45) is 7.70. The molecule has 1 aromatic carbocycles. The van der Waals surface area contributed by atoms with Gasteiger partial charge in [-0.2, -0.15) is 0 Å². The SMILES string of the molecule is COc1ccc(-c2ccc3nc(N)nc(C(N)CCCCCCCCN)c3n2)cc1OC. The average molecular weight is 439 g/mol. The number of benzene rings is 1. The summed E-state index contributed by atoms with van der Waals surface area (Å²) in [5.74, 6) is 1.52. The number of aromatic nitrogens is 3. The first kappa shape index (κ1) is 23.7. The summed E-state index contributed by atoms with van der Waals surface area (Å²) in [5, 5.41) is 0. The van der Waals surface area contributed by atoms with Gasteiger partial charge in [0.15, 0.2) is 11.5 Å². The van der Waals surface area contributed by atoms with Gasteiger partial charge in [0.25, 0.3) is 0 Å². The van der Waals surface area contributed by atoms with Crippen LogP contribution < -0.4 is 26.7 Å². The van der Waals surface area contributed by atoms with Crippen LogP contribution in [0.4, 0.5) is 5.95 Å². The van der Waals surface area contributed by atoms with E-state index in [0.29, 0.717) is 28.2 Å². The molecule has 0 aliphatic heterocycles. The van der Waals surface area contributed by atoms with Gasteiger partial charge >= 0.3 is 0 Å². The monoisotopic (exact) mass is 438 g/mol. The van der Waals surface area contributed by atoms with Crippen molar-refractivity contribution in [3.8, 4) is 22.8 Å². The fourth-order valence-electron chi connectivity index (χ4n) is 3.82. The molecule has 0 saturated carbocycles. The van der Waals surface area contributed by atoms with Gasteiger partial charge < -0.3 is 26.7 Å². The van der Waals surface area contributed by atoms with Gasteiger partial charge in [-0.15, -0.1) is 0 Å². The van der Waals surface area contributed by atoms with E-state index >= 15 is 0 Å². The number of nitrogen functional groups attached to an aromatic ring is 1. The Morgan fingerprint density at radius 1 is 0.844 bits per heavy atom. The highest BCUT2D eigenvalue weighted by Gasteiger charge is 2.17. The van der Waals surface area contributed by atoms with Crippen molar-refractivity contribution in [2.45, 2.75) is 51.0 Å². The maximum atomic E-state index is 6.53. The Hall–Kier alpha value is -2.97. The number of methoxy groups -OCH3 is 2. The number of hydrogen-bond donors (Lipinski definition) is 3. The van der Waals surface area contributed by atoms with Gasteiger partial charge in [-0.3, -0.25) is 0 Å². The molecule has 8 nitrogen and oxygen atoms in total. The Balaban J connectivity index is 1.81. The largest absolute Gasteiger partial charge is 0.493 e. The van der Waals surface area contributed by atoms with Crippen LogP contribution in [0.2, 0.25) is 0 Å². The van der Waals surface area contributed by atoms with Gasteiger partial charge in [0.1, 0.15) is 5.52 Å². The molecule has 172 valence electrons. The van der Waals surface area contributed by atoms with Crippen LogP contribution in [-0.4, -0.2) is 35.7 Å². The maximum absolute atomic E-state index is 6.53. The minimum Gasteiger partial charge on any atom is -0.493 e. The molecule has 0 radical (unpaired) electrons. The number of nitrogens with zero attached hydrogens (tertiary/aromatic N) is 3. The molecule has 8 heteroatoms. The summed E-state index contributed by atoms with van der Waals surface area (Å²) in [6.45, 7) is 0.769. The minimum atomic E-state index is -0.250. The van der Waals surface area contributed by atoms with Gasteiger partial charge in [0.05, 0.1) is 31.1 Å². The van der Waals surface area contributed by atoms with E-state index in [1.54, 1.807) is 14.2 Å². The van der Waals surface area contributed by atoms with E-state index in [1.807, 2.05) is 30.3 Å². The third-order valence-electron chi connectivity index (χ3n) is 5.59. The second kappa shape index (κ2) is 11.6. The maximum Gasteiger partial charge on any atom is 0.220 e. The second-order valence-electron chi connectivity index (χ2n) is 7.91. The highest BCUT2D eigenvalue weighted by atomic mass is 16.5. The first-order valence-electron chi connectivity index (χ1n) is 11.2. The average Bonchev–Trinajstić information content (AvgIpc) is 2.82. The molecule has 1 unspecified atom stereocenters. The van der Waals surface area contributed by atoms with Crippen molar-refractivity contribution in [1.29, 1.82) is 0 Å². The van der Waals surface area contributed by atoms with Crippen molar-refractivity contribution in [3.05, 3.63) is 36.0 Å². The zero-order valence-corrected chi connectivity index (χ0v) is 19.0. The number of pyridine rings is 1. The zero-order valence-electron chi connectivity index (χ0n) is 19.0. The molecule has 0 spiro atoms. The van der Waals surface area contributed by atoms with Crippen LogP contribution >= 0.6 is 0 Å². The van der Waals surface area contributed by atoms with Crippen molar-refractivity contribution in [3.63, 3.8) is 0 Å². The zero-order chi connectivity index (χ0) is 22.9. The Morgan fingerprint density at radius 2 is 1.56 bits per heavy atom. The van der Waals surface area contributed by atoms with E-state index in [9.17, 15) is 0 Å². The van der Waals surface area contributed by atoms with Crippen LogP contribution in [0.1, 0.15) is 56.7 Å². The molecule has 32 heavy (non-hydrogen) atoms. The number of hydrogen-bond acceptors (Lipinski definition) is 8. The predicted molar refractivity (Wildman–Crippen MR) is 129 cm³/mol. The van der Waals surface area contributed by atoms with Crippen LogP contribution in [0.5, 0.6) is 11.5 Å². The van der Waals surface area contributed by atoms with Gasteiger partial charge in [0, 0.05) is 11.6 Å². The van der Waals surface area contributed by atoms with Crippen LogP contribution in [0.15, 0.2) is 30.3 Å². The summed E-state index contributed by atoms with van der Waals surface area (Å²) in [4.78, 5) is 13.7. The summed E-state index contributed by atoms with van der Waals surface area (Å²) in [7, 11) is 3.22. The van der Waals surface area contributed by atoms with Crippen LogP contribution in [0, 0.1) is 0 Å². The lowest BCUT2D eigenvalue weighted by molar-refractivity contribution is 0.355. The van der Waals surface area contributed by atoms with Gasteiger partial charge in [-0.25, -0.2) is 15.0 Å². The van der Waals surface area contributed by atoms with Crippen molar-refractivity contribution >= 4 is 17.0 Å². The summed E-state index contributed by atoms with van der Waals surface area (Å²) >= 11 is 0. The molecule has 0 fully saturated rings. The molecule has 0 bridgehead atoms.